The van der Waals surface area contributed by atoms with Crippen molar-refractivity contribution in [2.45, 2.75) is 25.7 Å². The molecular weight excluding hydrogens is 268 g/mol. The third kappa shape index (κ3) is 6.00. The van der Waals surface area contributed by atoms with Crippen molar-refractivity contribution in [3.05, 3.63) is 71.8 Å². The van der Waals surface area contributed by atoms with Crippen LogP contribution in [0.1, 0.15) is 30.4 Å². The number of hydrogen-bond donors (Lipinski definition) is 2. The van der Waals surface area contributed by atoms with E-state index in [0.29, 0.717) is 5.92 Å². The number of rotatable bonds is 10. The summed E-state index contributed by atoms with van der Waals surface area (Å²) in [6.07, 6.45) is 2.27. The summed E-state index contributed by atoms with van der Waals surface area (Å²) in [5, 5.41) is 6.99. The lowest BCUT2D eigenvalue weighted by atomic mass is 9.92. The minimum atomic E-state index is 0.530. The maximum atomic E-state index is 3.62. The normalized spacial score (nSPS) is 12.2. The third-order valence-electron chi connectivity index (χ3n) is 3.94. The van der Waals surface area contributed by atoms with E-state index in [2.05, 4.69) is 78.2 Å². The molecule has 2 heteroatoms. The number of nitrogens with one attached hydrogen (secondary N) is 2. The Morgan fingerprint density at radius 2 is 1.45 bits per heavy atom. The van der Waals surface area contributed by atoms with Crippen molar-refractivity contribution in [3.8, 4) is 0 Å². The first-order chi connectivity index (χ1) is 10.9. The van der Waals surface area contributed by atoms with E-state index in [1.165, 1.54) is 17.5 Å². The molecule has 2 aromatic carbocycles. The monoisotopic (exact) mass is 296 g/mol. The predicted molar refractivity (Wildman–Crippen MR) is 95.4 cm³/mol. The van der Waals surface area contributed by atoms with Crippen LogP contribution < -0.4 is 10.6 Å². The first-order valence-corrected chi connectivity index (χ1v) is 8.40. The molecule has 0 saturated carbocycles. The Balaban J connectivity index is 1.88. The van der Waals surface area contributed by atoms with Crippen LogP contribution in [-0.4, -0.2) is 26.2 Å². The van der Waals surface area contributed by atoms with Crippen molar-refractivity contribution >= 4 is 0 Å². The molecule has 2 nitrogen and oxygen atoms in total. The van der Waals surface area contributed by atoms with Gasteiger partial charge in [0.2, 0.25) is 0 Å². The highest BCUT2D eigenvalue weighted by Gasteiger charge is 2.11. The second-order valence-electron chi connectivity index (χ2n) is 5.71. The van der Waals surface area contributed by atoms with E-state index in [0.717, 1.165) is 32.6 Å². The van der Waals surface area contributed by atoms with Crippen LogP contribution in [0.25, 0.3) is 0 Å². The zero-order chi connectivity index (χ0) is 15.5. The molecule has 0 aromatic heterocycles. The molecule has 0 amide bonds. The van der Waals surface area contributed by atoms with Gasteiger partial charge in [0.15, 0.2) is 0 Å². The highest BCUT2D eigenvalue weighted by Crippen LogP contribution is 2.20. The van der Waals surface area contributed by atoms with Crippen LogP contribution in [0, 0.1) is 0 Å². The van der Waals surface area contributed by atoms with Gasteiger partial charge in [-0.05, 0) is 43.6 Å². The molecule has 0 fully saturated rings. The van der Waals surface area contributed by atoms with Crippen LogP contribution in [0.2, 0.25) is 0 Å². The molecule has 1 atom stereocenters. The quantitative estimate of drug-likeness (QED) is 0.655. The fourth-order valence-corrected chi connectivity index (χ4v) is 2.72. The van der Waals surface area contributed by atoms with Crippen molar-refractivity contribution in [2.75, 3.05) is 26.2 Å². The van der Waals surface area contributed by atoms with Gasteiger partial charge in [-0.15, -0.1) is 0 Å². The standard InChI is InChI=1S/C20H28N2/c1-2-21-14-9-15-22-17-20(19-12-7-4-8-13-19)16-18-10-5-3-6-11-18/h3-8,10-13,20-22H,2,9,14-17H2,1H3. The molecule has 22 heavy (non-hydrogen) atoms. The molecule has 0 saturated heterocycles. The lowest BCUT2D eigenvalue weighted by molar-refractivity contribution is 0.554. The molecule has 0 heterocycles. The Bertz CT molecular complexity index is 496. The van der Waals surface area contributed by atoms with Crippen molar-refractivity contribution in [1.29, 1.82) is 0 Å². The average molecular weight is 296 g/mol. The Kier molecular flexibility index (Phi) is 7.71. The molecule has 1 unspecified atom stereocenters. The van der Waals surface area contributed by atoms with E-state index in [9.17, 15) is 0 Å². The maximum absolute atomic E-state index is 3.62. The molecular formula is C20H28N2. The Morgan fingerprint density at radius 1 is 0.818 bits per heavy atom. The second kappa shape index (κ2) is 10.1. The van der Waals surface area contributed by atoms with Gasteiger partial charge in [0.25, 0.3) is 0 Å². The van der Waals surface area contributed by atoms with Crippen molar-refractivity contribution in [1.82, 2.24) is 10.6 Å². The van der Waals surface area contributed by atoms with Crippen LogP contribution in [-0.2, 0) is 6.42 Å². The van der Waals surface area contributed by atoms with Crippen LogP contribution in [0.15, 0.2) is 60.7 Å². The highest BCUT2D eigenvalue weighted by atomic mass is 14.9. The summed E-state index contributed by atoms with van der Waals surface area (Å²) in [4.78, 5) is 0. The molecule has 0 bridgehead atoms. The summed E-state index contributed by atoms with van der Waals surface area (Å²) in [6.45, 7) is 6.41. The molecule has 2 rings (SSSR count). The summed E-state index contributed by atoms with van der Waals surface area (Å²) < 4.78 is 0. The number of hydrogen-bond acceptors (Lipinski definition) is 2. The first kappa shape index (κ1) is 16.7. The molecule has 0 radical (unpaired) electrons. The van der Waals surface area contributed by atoms with E-state index in [-0.39, 0.29) is 0 Å². The van der Waals surface area contributed by atoms with Gasteiger partial charge in [-0.3, -0.25) is 0 Å². The molecule has 118 valence electrons. The van der Waals surface area contributed by atoms with E-state index in [1.807, 2.05) is 0 Å². The smallest absolute Gasteiger partial charge is 0.00233 e. The third-order valence-corrected chi connectivity index (χ3v) is 3.94. The van der Waals surface area contributed by atoms with Gasteiger partial charge in [-0.1, -0.05) is 67.6 Å². The first-order valence-electron chi connectivity index (χ1n) is 8.40. The maximum Gasteiger partial charge on any atom is 0.00233 e. The minimum Gasteiger partial charge on any atom is -0.317 e. The second-order valence-corrected chi connectivity index (χ2v) is 5.71. The lowest BCUT2D eigenvalue weighted by Crippen LogP contribution is -2.26. The molecule has 2 aromatic rings. The van der Waals surface area contributed by atoms with Gasteiger partial charge in [-0.2, -0.15) is 0 Å². The van der Waals surface area contributed by atoms with Gasteiger partial charge in [0.1, 0.15) is 0 Å². The van der Waals surface area contributed by atoms with Gasteiger partial charge in [-0.25, -0.2) is 0 Å². The van der Waals surface area contributed by atoms with Gasteiger partial charge in [0.05, 0.1) is 0 Å². The molecule has 0 aliphatic rings. The Morgan fingerprint density at radius 3 is 2.14 bits per heavy atom. The predicted octanol–water partition coefficient (Wildman–Crippen LogP) is 3.60. The largest absolute Gasteiger partial charge is 0.317 e. The van der Waals surface area contributed by atoms with E-state index in [1.54, 1.807) is 0 Å². The van der Waals surface area contributed by atoms with E-state index >= 15 is 0 Å². The SMILES string of the molecule is CCNCCCNCC(Cc1ccccc1)c1ccccc1. The summed E-state index contributed by atoms with van der Waals surface area (Å²) >= 11 is 0. The lowest BCUT2D eigenvalue weighted by Gasteiger charge is -2.18. The zero-order valence-corrected chi connectivity index (χ0v) is 13.6. The van der Waals surface area contributed by atoms with Gasteiger partial charge in [0, 0.05) is 12.5 Å². The molecule has 2 N–H and O–H groups in total. The molecule has 0 spiro atoms. The summed E-state index contributed by atoms with van der Waals surface area (Å²) in [5.41, 5.74) is 2.83. The Labute approximate surface area is 135 Å². The minimum absolute atomic E-state index is 0.530. The topological polar surface area (TPSA) is 24.1 Å². The average Bonchev–Trinajstić information content (AvgIpc) is 2.58. The summed E-state index contributed by atoms with van der Waals surface area (Å²) in [7, 11) is 0. The summed E-state index contributed by atoms with van der Waals surface area (Å²) in [5.74, 6) is 0.530. The van der Waals surface area contributed by atoms with Crippen molar-refractivity contribution in [2.24, 2.45) is 0 Å². The number of benzene rings is 2. The van der Waals surface area contributed by atoms with Crippen LogP contribution in [0.4, 0.5) is 0 Å². The molecule has 0 aliphatic carbocycles. The van der Waals surface area contributed by atoms with E-state index in [4.69, 9.17) is 0 Å². The van der Waals surface area contributed by atoms with Crippen LogP contribution in [0.3, 0.4) is 0 Å². The van der Waals surface area contributed by atoms with Crippen molar-refractivity contribution in [3.63, 3.8) is 0 Å². The fourth-order valence-electron chi connectivity index (χ4n) is 2.72. The fraction of sp³-hybridized carbons (Fsp3) is 0.400. The van der Waals surface area contributed by atoms with Crippen LogP contribution >= 0.6 is 0 Å². The zero-order valence-electron chi connectivity index (χ0n) is 13.6. The summed E-state index contributed by atoms with van der Waals surface area (Å²) in [6, 6.07) is 21.6. The highest BCUT2D eigenvalue weighted by molar-refractivity contribution is 5.24. The van der Waals surface area contributed by atoms with Gasteiger partial charge >= 0.3 is 0 Å². The molecule has 0 aliphatic heterocycles. The van der Waals surface area contributed by atoms with Crippen molar-refractivity contribution < 1.29 is 0 Å². The Hall–Kier alpha value is -1.64. The van der Waals surface area contributed by atoms with Gasteiger partial charge < -0.3 is 10.6 Å². The van der Waals surface area contributed by atoms with Crippen LogP contribution in [0.5, 0.6) is 0 Å². The van der Waals surface area contributed by atoms with E-state index < -0.39 is 0 Å².